The lowest BCUT2D eigenvalue weighted by atomic mass is 9.82. The first-order valence-electron chi connectivity index (χ1n) is 51.2. The lowest BCUT2D eigenvalue weighted by Gasteiger charge is -2.28. The van der Waals surface area contributed by atoms with Crippen LogP contribution in [0.15, 0.2) is 553 Å². The number of nitrogens with zero attached hydrogens (tertiary/aromatic N) is 3. The molecule has 0 fully saturated rings. The second kappa shape index (κ2) is 36.2. The van der Waals surface area contributed by atoms with E-state index in [4.69, 9.17) is 13.3 Å². The summed E-state index contributed by atoms with van der Waals surface area (Å²) in [5, 5.41) is 19.3. The van der Waals surface area contributed by atoms with Gasteiger partial charge in [-0.25, -0.2) is 0 Å². The maximum absolute atomic E-state index is 6.31. The van der Waals surface area contributed by atoms with E-state index >= 15 is 0 Å². The van der Waals surface area contributed by atoms with Gasteiger partial charge in [-0.05, 0) is 305 Å². The predicted octanol–water partition coefficient (Wildman–Crippen LogP) is 40.9. The zero-order valence-corrected chi connectivity index (χ0v) is 82.0. The first kappa shape index (κ1) is 87.4. The van der Waals surface area contributed by atoms with E-state index in [1.165, 1.54) is 197 Å². The van der Waals surface area contributed by atoms with Crippen LogP contribution in [0.1, 0.15) is 25.0 Å². The summed E-state index contributed by atoms with van der Waals surface area (Å²) in [6.07, 6.45) is 0. The highest BCUT2D eigenvalue weighted by atomic mass is 16.3. The van der Waals surface area contributed by atoms with E-state index in [0.29, 0.717) is 0 Å². The average Bonchev–Trinajstić information content (AvgIpc) is 1.64. The SMILES string of the molecule is CC1(C)c2ccccc2-c2ccc(N(c3ccc(-c4ccccc4)cc3)c3ccc(-c4ccc5oc6cccc7ccc4c5c76)cc3)cc21.c1ccc(-c2ccc(N(c3ccc(-c4ccccc4)cc3)c3ccc(-c4ccc5oc6cccc7ccc4c5c76)c4ccccc34)cc2)cc1.c1ccc(-c2ccc(N(c3ccc(-c4ccccc4)cc3)c3ccc4cc(-c5ccc6oc7cccc8ccc5c6c87)ccc4c3)cc2)cc1. The number of fused-ring (bicyclic) bond motifs is 5. The molecule has 0 radical (unpaired) electrons. The number of hydrogen-bond acceptors (Lipinski definition) is 6. The van der Waals surface area contributed by atoms with E-state index < -0.39 is 0 Å². The van der Waals surface area contributed by atoms with Crippen molar-refractivity contribution in [1.82, 2.24) is 0 Å². The Morgan fingerprint density at radius 1 is 0.148 bits per heavy atom. The number of hydrogen-bond donors (Lipinski definition) is 0. The number of anilines is 9. The van der Waals surface area contributed by atoms with E-state index in [-0.39, 0.29) is 5.41 Å². The molecule has 700 valence electrons. The second-order valence-corrected chi connectivity index (χ2v) is 39.6. The highest BCUT2D eigenvalue weighted by Gasteiger charge is 2.36. The molecular formula is C143H95N3O3. The third-order valence-corrected chi connectivity index (χ3v) is 30.7. The standard InChI is InChI=1S/2C48H31NO.C47H33NO/c1-3-10-32(11-4-1)34-18-23-37(24-19-34)49(38-25-20-35(21-26-38)33-12-5-2-6-13-33)44-30-28-40(39-15-7-8-16-42(39)44)41-29-31-46-48-43(41)27-22-36-14-9-17-45(50-46)47(36)48;1-3-8-32(9-4-1)34-16-22-40(23-17-34)49(41-24-18-35(19-25-41)33-10-5-2-6-11-33)42-26-20-37-30-39(15-14-38(37)31-42)43-28-29-46-48-44(43)27-21-36-12-7-13-45(50-46)47(36)48;1-47(2)41-13-7-6-12-38(41)39-26-24-36(29-42(39)47)48(34-20-15-31(16-21-34)30-9-4-3-5-10-30)35-22-17-32(18-23-35)37-27-28-44-46-40(37)25-19-33-11-8-14-43(49-44)45(33)46/h2*1-31H;3-29H,1-2H3. The fraction of sp³-hybridized carbons (Fsp3) is 0.0210. The van der Waals surface area contributed by atoms with E-state index in [2.05, 4.69) is 568 Å². The molecule has 26 aromatic carbocycles. The summed E-state index contributed by atoms with van der Waals surface area (Å²) in [6, 6.07) is 195. The molecule has 0 amide bonds. The molecule has 3 aromatic heterocycles. The lowest BCUT2D eigenvalue weighted by molar-refractivity contribution is 0.660. The van der Waals surface area contributed by atoms with Crippen molar-refractivity contribution in [3.05, 3.63) is 551 Å². The Morgan fingerprint density at radius 2 is 0.430 bits per heavy atom. The summed E-state index contributed by atoms with van der Waals surface area (Å²) < 4.78 is 18.8. The molecule has 6 heteroatoms. The third kappa shape index (κ3) is 15.3. The first-order valence-corrected chi connectivity index (χ1v) is 51.2. The van der Waals surface area contributed by atoms with E-state index in [0.717, 1.165) is 84.7 Å². The maximum atomic E-state index is 6.31. The Balaban J connectivity index is 0.000000108. The predicted molar refractivity (Wildman–Crippen MR) is 627 cm³/mol. The minimum Gasteiger partial charge on any atom is -0.456 e. The summed E-state index contributed by atoms with van der Waals surface area (Å²) in [7, 11) is 0. The summed E-state index contributed by atoms with van der Waals surface area (Å²) in [4.78, 5) is 7.13. The Morgan fingerprint density at radius 3 is 0.859 bits per heavy atom. The molecule has 0 saturated heterocycles. The van der Waals surface area contributed by atoms with Gasteiger partial charge in [-0.2, -0.15) is 0 Å². The molecular weight excluding hydrogens is 1810 g/mol. The van der Waals surface area contributed by atoms with Crippen molar-refractivity contribution >= 4 is 171 Å². The van der Waals surface area contributed by atoms with E-state index in [1.54, 1.807) is 0 Å². The molecule has 0 atom stereocenters. The van der Waals surface area contributed by atoms with Crippen molar-refractivity contribution in [3.63, 3.8) is 0 Å². The van der Waals surface area contributed by atoms with Crippen LogP contribution >= 0.6 is 0 Å². The van der Waals surface area contributed by atoms with Crippen LogP contribution in [0.4, 0.5) is 51.2 Å². The van der Waals surface area contributed by atoms with Crippen LogP contribution in [0.5, 0.6) is 0 Å². The minimum absolute atomic E-state index is 0.0840. The Kier molecular flexibility index (Phi) is 21.2. The highest BCUT2D eigenvalue weighted by Crippen LogP contribution is 2.54. The third-order valence-electron chi connectivity index (χ3n) is 30.7. The second-order valence-electron chi connectivity index (χ2n) is 39.6. The molecule has 0 spiro atoms. The molecule has 0 N–H and O–H groups in total. The highest BCUT2D eigenvalue weighted by molar-refractivity contribution is 6.28. The van der Waals surface area contributed by atoms with Gasteiger partial charge in [-0.3, -0.25) is 0 Å². The fourth-order valence-electron chi connectivity index (χ4n) is 23.4. The van der Waals surface area contributed by atoms with Gasteiger partial charge in [-0.15, -0.1) is 0 Å². The van der Waals surface area contributed by atoms with Crippen LogP contribution in [0.25, 0.3) is 220 Å². The molecule has 0 saturated carbocycles. The van der Waals surface area contributed by atoms with Crippen LogP contribution in [0.2, 0.25) is 0 Å². The van der Waals surface area contributed by atoms with E-state index in [9.17, 15) is 0 Å². The van der Waals surface area contributed by atoms with Crippen molar-refractivity contribution in [3.8, 4) is 100 Å². The van der Waals surface area contributed by atoms with E-state index in [1.807, 2.05) is 0 Å². The van der Waals surface area contributed by atoms with Gasteiger partial charge in [-0.1, -0.05) is 408 Å². The topological polar surface area (TPSA) is 49.1 Å². The van der Waals surface area contributed by atoms with Gasteiger partial charge >= 0.3 is 0 Å². The van der Waals surface area contributed by atoms with Crippen LogP contribution in [-0.2, 0) is 5.41 Å². The Bertz CT molecular complexity index is 9900. The largest absolute Gasteiger partial charge is 0.456 e. The summed E-state index contributed by atoms with van der Waals surface area (Å²) in [6.45, 7) is 4.69. The maximum Gasteiger partial charge on any atom is 0.136 e. The van der Waals surface area contributed by atoms with Gasteiger partial charge in [0.15, 0.2) is 0 Å². The van der Waals surface area contributed by atoms with Gasteiger partial charge in [0, 0.05) is 88.6 Å². The number of rotatable bonds is 17. The molecule has 0 aliphatic heterocycles. The first-order chi connectivity index (χ1) is 73.6. The normalized spacial score (nSPS) is 12.1. The van der Waals surface area contributed by atoms with Crippen LogP contribution in [0.3, 0.4) is 0 Å². The van der Waals surface area contributed by atoms with Crippen molar-refractivity contribution < 1.29 is 13.3 Å². The van der Waals surface area contributed by atoms with Gasteiger partial charge < -0.3 is 28.0 Å². The molecule has 30 rings (SSSR count). The molecule has 149 heavy (non-hydrogen) atoms. The van der Waals surface area contributed by atoms with Gasteiger partial charge in [0.05, 0.1) is 5.69 Å². The van der Waals surface area contributed by atoms with Crippen molar-refractivity contribution in [2.75, 3.05) is 14.7 Å². The Hall–Kier alpha value is -19.4. The van der Waals surface area contributed by atoms with Crippen LogP contribution in [-0.4, -0.2) is 0 Å². The molecule has 29 aromatic rings. The summed E-state index contributed by atoms with van der Waals surface area (Å²) >= 11 is 0. The molecule has 3 heterocycles. The molecule has 1 aliphatic carbocycles. The van der Waals surface area contributed by atoms with Gasteiger partial charge in [0.1, 0.15) is 33.5 Å². The van der Waals surface area contributed by atoms with Crippen LogP contribution in [0, 0.1) is 0 Å². The number of benzene rings is 26. The zero-order valence-electron chi connectivity index (χ0n) is 82.0. The van der Waals surface area contributed by atoms with Gasteiger partial charge in [0.25, 0.3) is 0 Å². The lowest BCUT2D eigenvalue weighted by Crippen LogP contribution is -2.16. The summed E-state index contributed by atoms with van der Waals surface area (Å²) in [5.41, 5.74) is 40.3. The van der Waals surface area contributed by atoms with Crippen molar-refractivity contribution in [2.24, 2.45) is 0 Å². The molecule has 0 bridgehead atoms. The minimum atomic E-state index is -0.0840. The molecule has 0 unspecified atom stereocenters. The molecule has 6 nitrogen and oxygen atoms in total. The van der Waals surface area contributed by atoms with Crippen molar-refractivity contribution in [2.45, 2.75) is 19.3 Å². The Labute approximate surface area is 863 Å². The zero-order chi connectivity index (χ0) is 98.7. The quantitative estimate of drug-likeness (QED) is 0.0847. The fourth-order valence-corrected chi connectivity index (χ4v) is 23.4. The monoisotopic (exact) mass is 1900 g/mol. The smallest absolute Gasteiger partial charge is 0.136 e. The van der Waals surface area contributed by atoms with Gasteiger partial charge in [0.2, 0.25) is 0 Å². The van der Waals surface area contributed by atoms with Crippen LogP contribution < -0.4 is 14.7 Å². The average molecular weight is 1900 g/mol. The molecule has 1 aliphatic rings. The number of furan rings is 3. The van der Waals surface area contributed by atoms with Crippen molar-refractivity contribution in [1.29, 1.82) is 0 Å². The summed E-state index contributed by atoms with van der Waals surface area (Å²) in [5.74, 6) is 0.